The molecule has 4 rings (SSSR count). The van der Waals surface area contributed by atoms with Gasteiger partial charge < -0.3 is 5.73 Å². The zero-order valence-corrected chi connectivity index (χ0v) is 19.4. The molecule has 0 atom stereocenters. The van der Waals surface area contributed by atoms with Crippen molar-refractivity contribution in [2.45, 2.75) is 37.1 Å². The van der Waals surface area contributed by atoms with Crippen LogP contribution in [0.2, 0.25) is 5.02 Å². The summed E-state index contributed by atoms with van der Waals surface area (Å²) in [6.45, 7) is 0.567. The molecule has 10 heteroatoms. The molecule has 164 valence electrons. The van der Waals surface area contributed by atoms with Crippen molar-refractivity contribution in [2.24, 2.45) is 5.73 Å². The van der Waals surface area contributed by atoms with Crippen LogP contribution in [0.1, 0.15) is 37.3 Å². The minimum atomic E-state index is -0.0901. The lowest BCUT2D eigenvalue weighted by Crippen LogP contribution is -2.41. The number of aromatic amines is 1. The number of hydrogen-bond acceptors (Lipinski definition) is 4. The Hall–Kier alpha value is -1.57. The Morgan fingerprint density at radius 2 is 1.90 bits per heavy atom. The van der Waals surface area contributed by atoms with Crippen LogP contribution in [0.25, 0.3) is 11.3 Å². The van der Waals surface area contributed by atoms with E-state index in [-0.39, 0.29) is 54.2 Å². The van der Waals surface area contributed by atoms with Gasteiger partial charge in [-0.1, -0.05) is 23.7 Å². The summed E-state index contributed by atoms with van der Waals surface area (Å²) in [5, 5.41) is 12.1. The van der Waals surface area contributed by atoms with Crippen molar-refractivity contribution in [3.05, 3.63) is 69.7 Å². The van der Waals surface area contributed by atoms with Gasteiger partial charge in [-0.05, 0) is 49.4 Å². The third-order valence-electron chi connectivity index (χ3n) is 5.70. The molecule has 3 aromatic rings. The fraction of sp³-hybridized carbons (Fsp3) is 0.350. The van der Waals surface area contributed by atoms with Gasteiger partial charge in [-0.3, -0.25) is 9.89 Å². The first kappa shape index (κ1) is 26.5. The Balaban J connectivity index is 0.00000150. The van der Waals surface area contributed by atoms with Crippen molar-refractivity contribution in [1.29, 1.82) is 0 Å². The number of benzene rings is 1. The highest BCUT2D eigenvalue weighted by Gasteiger charge is 2.37. The molecule has 0 bridgehead atoms. The van der Waals surface area contributed by atoms with E-state index in [1.54, 1.807) is 29.2 Å². The van der Waals surface area contributed by atoms with Gasteiger partial charge in [-0.15, -0.1) is 37.2 Å². The molecule has 0 saturated heterocycles. The summed E-state index contributed by atoms with van der Waals surface area (Å²) in [6.07, 6.45) is 6.99. The van der Waals surface area contributed by atoms with Crippen molar-refractivity contribution < 1.29 is 0 Å². The van der Waals surface area contributed by atoms with Gasteiger partial charge in [0, 0.05) is 34.8 Å². The second kappa shape index (κ2) is 11.2. The molecule has 0 amide bonds. The summed E-state index contributed by atoms with van der Waals surface area (Å²) in [5.41, 5.74) is 8.82. The van der Waals surface area contributed by atoms with Crippen molar-refractivity contribution in [3.8, 4) is 11.3 Å². The van der Waals surface area contributed by atoms with Gasteiger partial charge in [0.15, 0.2) is 0 Å². The first-order valence-corrected chi connectivity index (χ1v) is 9.54. The van der Waals surface area contributed by atoms with Crippen LogP contribution in [0.3, 0.4) is 0 Å². The monoisotopic (exact) mass is 491 g/mol. The maximum atomic E-state index is 12.4. The number of H-pyrrole nitrogens is 1. The molecule has 0 unspecified atom stereocenters. The Labute approximate surface area is 198 Å². The largest absolute Gasteiger partial charge is 0.330 e. The second-order valence-corrected chi connectivity index (χ2v) is 7.65. The molecule has 1 saturated carbocycles. The molecule has 0 aliphatic heterocycles. The predicted octanol–water partition coefficient (Wildman–Crippen LogP) is 4.56. The van der Waals surface area contributed by atoms with Gasteiger partial charge in [0.05, 0.1) is 17.9 Å². The van der Waals surface area contributed by atoms with Crippen molar-refractivity contribution in [2.75, 3.05) is 6.54 Å². The first-order valence-electron chi connectivity index (χ1n) is 9.16. The summed E-state index contributed by atoms with van der Waals surface area (Å²) in [7, 11) is 0. The summed E-state index contributed by atoms with van der Waals surface area (Å²) in [5.74, 6) is 0. The zero-order valence-electron chi connectivity index (χ0n) is 16.2. The van der Waals surface area contributed by atoms with E-state index in [9.17, 15) is 4.79 Å². The number of nitrogens with zero attached hydrogens (tertiary/aromatic N) is 3. The molecule has 1 aliphatic rings. The van der Waals surface area contributed by atoms with Crippen LogP contribution < -0.4 is 11.3 Å². The van der Waals surface area contributed by atoms with Crippen LogP contribution in [0.15, 0.2) is 53.6 Å². The maximum Gasteiger partial charge on any atom is 0.267 e. The summed E-state index contributed by atoms with van der Waals surface area (Å²) >= 11 is 6.19. The van der Waals surface area contributed by atoms with E-state index in [4.69, 9.17) is 17.3 Å². The lowest BCUT2D eigenvalue weighted by Gasteiger charge is -2.40. The molecule has 1 aromatic carbocycles. The van der Waals surface area contributed by atoms with Gasteiger partial charge in [0.25, 0.3) is 5.56 Å². The molecular formula is C20H25Cl4N5O. The highest BCUT2D eigenvalue weighted by atomic mass is 35.5. The van der Waals surface area contributed by atoms with Crippen LogP contribution >= 0.6 is 48.8 Å². The number of rotatable bonds is 4. The molecule has 3 N–H and O–H groups in total. The van der Waals surface area contributed by atoms with Crippen molar-refractivity contribution in [1.82, 2.24) is 20.0 Å². The molecule has 30 heavy (non-hydrogen) atoms. The smallest absolute Gasteiger partial charge is 0.267 e. The minimum Gasteiger partial charge on any atom is -0.330 e. The highest BCUT2D eigenvalue weighted by molar-refractivity contribution is 6.30. The molecule has 2 aromatic heterocycles. The summed E-state index contributed by atoms with van der Waals surface area (Å²) < 4.78 is 1.63. The Bertz CT molecular complexity index is 985. The van der Waals surface area contributed by atoms with Crippen molar-refractivity contribution >= 4 is 48.8 Å². The molecule has 6 nitrogen and oxygen atoms in total. The normalized spacial score (nSPS) is 20.4. The zero-order chi connectivity index (χ0) is 18.9. The van der Waals surface area contributed by atoms with Crippen LogP contribution in [0.4, 0.5) is 0 Å². The van der Waals surface area contributed by atoms with Gasteiger partial charge in [-0.25, -0.2) is 4.68 Å². The Morgan fingerprint density at radius 3 is 2.50 bits per heavy atom. The van der Waals surface area contributed by atoms with E-state index in [2.05, 4.69) is 21.4 Å². The van der Waals surface area contributed by atoms with E-state index < -0.39 is 0 Å². The molecule has 0 spiro atoms. The van der Waals surface area contributed by atoms with E-state index in [1.807, 2.05) is 18.2 Å². The molecule has 1 fully saturated rings. The van der Waals surface area contributed by atoms with Gasteiger partial charge >= 0.3 is 0 Å². The lowest BCUT2D eigenvalue weighted by atomic mass is 9.68. The first-order chi connectivity index (χ1) is 13.1. The molecule has 0 radical (unpaired) electrons. The summed E-state index contributed by atoms with van der Waals surface area (Å²) in [4.78, 5) is 12.4. The van der Waals surface area contributed by atoms with E-state index >= 15 is 0 Å². The quantitative estimate of drug-likeness (QED) is 0.558. The Morgan fingerprint density at radius 1 is 1.17 bits per heavy atom. The van der Waals surface area contributed by atoms with Gasteiger partial charge in [0.1, 0.15) is 0 Å². The molecular weight excluding hydrogens is 468 g/mol. The third kappa shape index (κ3) is 5.18. The van der Waals surface area contributed by atoms with Crippen LogP contribution in [-0.2, 0) is 5.41 Å². The number of nitrogens with one attached hydrogen (secondary N) is 1. The van der Waals surface area contributed by atoms with Crippen molar-refractivity contribution in [3.63, 3.8) is 0 Å². The van der Waals surface area contributed by atoms with E-state index in [0.717, 1.165) is 42.0 Å². The fourth-order valence-electron chi connectivity index (χ4n) is 4.06. The van der Waals surface area contributed by atoms with Gasteiger partial charge in [0.2, 0.25) is 0 Å². The van der Waals surface area contributed by atoms with Crippen LogP contribution in [0, 0.1) is 0 Å². The summed E-state index contributed by atoms with van der Waals surface area (Å²) in [6, 6.07) is 11.4. The number of aromatic nitrogens is 4. The maximum absolute atomic E-state index is 12.4. The third-order valence-corrected chi connectivity index (χ3v) is 5.94. The minimum absolute atomic E-state index is 0. The second-order valence-electron chi connectivity index (χ2n) is 7.21. The Kier molecular flexibility index (Phi) is 9.85. The van der Waals surface area contributed by atoms with E-state index in [1.165, 1.54) is 5.56 Å². The highest BCUT2D eigenvalue weighted by Crippen LogP contribution is 2.42. The average Bonchev–Trinajstić information content (AvgIpc) is 3.23. The van der Waals surface area contributed by atoms with E-state index in [0.29, 0.717) is 6.54 Å². The fourth-order valence-corrected chi connectivity index (χ4v) is 4.25. The average molecular weight is 493 g/mol. The number of nitrogens with two attached hydrogens (primary N) is 1. The van der Waals surface area contributed by atoms with Crippen LogP contribution in [-0.4, -0.2) is 26.5 Å². The molecule has 2 heterocycles. The van der Waals surface area contributed by atoms with Crippen LogP contribution in [0.5, 0.6) is 0 Å². The molecule has 1 aliphatic carbocycles. The lowest BCUT2D eigenvalue weighted by molar-refractivity contribution is 0.222. The number of hydrogen-bond donors (Lipinski definition) is 2. The number of halogens is 4. The topological polar surface area (TPSA) is 89.6 Å². The van der Waals surface area contributed by atoms with Gasteiger partial charge in [-0.2, -0.15) is 10.2 Å². The SMILES string of the molecule is Cl.Cl.Cl.NC[C@]1(c2cccc(Cl)c2)CC[C@H](n2nc(-c3cn[nH]c3)ccc2=O)CC1. The predicted molar refractivity (Wildman–Crippen MR) is 128 cm³/mol. The standard InChI is InChI=1S/C20H22ClN5O.3ClH/c21-16-3-1-2-15(10-16)20(13-22)8-6-17(7-9-20)26-19(27)5-4-18(25-26)14-11-23-24-12-14;;;/h1-5,10-12,17H,6-9,13,22H2,(H,23,24);3*1H/t17-,20-;;;.